The van der Waals surface area contributed by atoms with Crippen LogP contribution in [0.2, 0.25) is 0 Å². The van der Waals surface area contributed by atoms with Crippen molar-refractivity contribution in [2.75, 3.05) is 33.3 Å². The van der Waals surface area contributed by atoms with E-state index in [0.717, 1.165) is 0 Å². The Morgan fingerprint density at radius 1 is 1.00 bits per heavy atom. The Hall–Kier alpha value is -3.16. The van der Waals surface area contributed by atoms with Crippen LogP contribution in [-0.2, 0) is 0 Å². The van der Waals surface area contributed by atoms with Crippen molar-refractivity contribution in [3.05, 3.63) is 59.2 Å². The van der Waals surface area contributed by atoms with Crippen LogP contribution in [0.3, 0.4) is 0 Å². The number of benzene rings is 2. The number of phenols is 1. The van der Waals surface area contributed by atoms with Crippen molar-refractivity contribution in [2.24, 2.45) is 0 Å². The molecule has 3 rings (SSSR count). The number of hydrogen-bond acceptors (Lipinski definition) is 4. The first-order valence-electron chi connectivity index (χ1n) is 8.31. The highest BCUT2D eigenvalue weighted by Gasteiger charge is 2.29. The van der Waals surface area contributed by atoms with E-state index in [1.807, 2.05) is 0 Å². The molecule has 142 valence electrons. The van der Waals surface area contributed by atoms with Crippen LogP contribution in [0.5, 0.6) is 11.5 Å². The van der Waals surface area contributed by atoms with Gasteiger partial charge in [0.1, 0.15) is 28.7 Å². The fraction of sp³-hybridized carbons (Fsp3) is 0.263. The molecule has 2 amide bonds. The predicted molar refractivity (Wildman–Crippen MR) is 92.8 cm³/mol. The lowest BCUT2D eigenvalue weighted by atomic mass is 10.1. The molecule has 0 saturated carbocycles. The molecular formula is C19H18F2N2O4. The Kier molecular flexibility index (Phi) is 5.25. The standard InChI is InChI=1S/C19H18F2N2O4/c1-27-14-4-2-3-12(9-14)18(25)22-5-7-23(8-6-22)19(26)17-15(21)10-13(20)11-16(17)24/h2-4,9-11,24H,5-8H2,1H3. The third-order valence-electron chi connectivity index (χ3n) is 4.42. The molecule has 1 aliphatic heterocycles. The molecule has 0 atom stereocenters. The summed E-state index contributed by atoms with van der Waals surface area (Å²) in [6, 6.07) is 8.00. The van der Waals surface area contributed by atoms with Crippen LogP contribution in [-0.4, -0.2) is 60.0 Å². The van der Waals surface area contributed by atoms with Gasteiger partial charge < -0.3 is 19.6 Å². The molecule has 2 aromatic rings. The molecule has 1 N–H and O–H groups in total. The number of carbonyl (C=O) groups is 2. The molecule has 1 aliphatic rings. The van der Waals surface area contributed by atoms with Gasteiger partial charge in [-0.25, -0.2) is 8.78 Å². The quantitative estimate of drug-likeness (QED) is 0.892. The molecule has 0 unspecified atom stereocenters. The van der Waals surface area contributed by atoms with Crippen molar-refractivity contribution < 1.29 is 28.2 Å². The van der Waals surface area contributed by atoms with E-state index in [1.165, 1.54) is 12.0 Å². The van der Waals surface area contributed by atoms with Gasteiger partial charge in [-0.15, -0.1) is 0 Å². The van der Waals surface area contributed by atoms with Gasteiger partial charge >= 0.3 is 0 Å². The molecule has 0 spiro atoms. The van der Waals surface area contributed by atoms with Crippen LogP contribution < -0.4 is 4.74 Å². The molecule has 1 fully saturated rings. The van der Waals surface area contributed by atoms with Crippen molar-refractivity contribution in [1.82, 2.24) is 9.80 Å². The fourth-order valence-corrected chi connectivity index (χ4v) is 2.98. The molecule has 1 heterocycles. The van der Waals surface area contributed by atoms with Crippen LogP contribution >= 0.6 is 0 Å². The zero-order chi connectivity index (χ0) is 19.6. The van der Waals surface area contributed by atoms with E-state index in [9.17, 15) is 23.5 Å². The highest BCUT2D eigenvalue weighted by Crippen LogP contribution is 2.24. The lowest BCUT2D eigenvalue weighted by Gasteiger charge is -2.35. The molecular weight excluding hydrogens is 358 g/mol. The monoisotopic (exact) mass is 376 g/mol. The topological polar surface area (TPSA) is 70.1 Å². The lowest BCUT2D eigenvalue weighted by molar-refractivity contribution is 0.0530. The summed E-state index contributed by atoms with van der Waals surface area (Å²) in [6.07, 6.45) is 0. The molecule has 0 radical (unpaired) electrons. The number of methoxy groups -OCH3 is 1. The van der Waals surface area contributed by atoms with Crippen LogP contribution in [0, 0.1) is 11.6 Å². The second-order valence-electron chi connectivity index (χ2n) is 6.10. The fourth-order valence-electron chi connectivity index (χ4n) is 2.98. The van der Waals surface area contributed by atoms with E-state index in [0.29, 0.717) is 23.4 Å². The molecule has 0 aromatic heterocycles. The number of piperazine rings is 1. The first-order chi connectivity index (χ1) is 12.9. The minimum Gasteiger partial charge on any atom is -0.507 e. The average molecular weight is 376 g/mol. The first-order valence-corrected chi connectivity index (χ1v) is 8.31. The van der Waals surface area contributed by atoms with Gasteiger partial charge in [0.15, 0.2) is 0 Å². The minimum atomic E-state index is -1.12. The predicted octanol–water partition coefficient (Wildman–Crippen LogP) is 2.28. The summed E-state index contributed by atoms with van der Waals surface area (Å²) in [6.45, 7) is 0.853. The second kappa shape index (κ2) is 7.61. The SMILES string of the molecule is COc1cccc(C(=O)N2CCN(C(=O)c3c(O)cc(F)cc3F)CC2)c1. The van der Waals surface area contributed by atoms with Gasteiger partial charge in [0.2, 0.25) is 0 Å². The number of carbonyl (C=O) groups excluding carboxylic acids is 2. The normalized spacial score (nSPS) is 14.2. The summed E-state index contributed by atoms with van der Waals surface area (Å²) >= 11 is 0. The number of hydrogen-bond donors (Lipinski definition) is 1. The average Bonchev–Trinajstić information content (AvgIpc) is 2.66. The van der Waals surface area contributed by atoms with Gasteiger partial charge in [-0.1, -0.05) is 6.07 Å². The van der Waals surface area contributed by atoms with Gasteiger partial charge in [-0.3, -0.25) is 9.59 Å². The van der Waals surface area contributed by atoms with E-state index < -0.39 is 28.9 Å². The number of halogens is 2. The summed E-state index contributed by atoms with van der Waals surface area (Å²) in [7, 11) is 1.51. The summed E-state index contributed by atoms with van der Waals surface area (Å²) in [4.78, 5) is 28.0. The van der Waals surface area contributed by atoms with E-state index in [-0.39, 0.29) is 32.1 Å². The van der Waals surface area contributed by atoms with Crippen molar-refractivity contribution in [3.63, 3.8) is 0 Å². The molecule has 1 saturated heterocycles. The van der Waals surface area contributed by atoms with Crippen LogP contribution in [0.25, 0.3) is 0 Å². The summed E-state index contributed by atoms with van der Waals surface area (Å²) in [5.74, 6) is -3.19. The Balaban J connectivity index is 1.68. The summed E-state index contributed by atoms with van der Waals surface area (Å²) in [5.41, 5.74) is -0.0969. The summed E-state index contributed by atoms with van der Waals surface area (Å²) in [5, 5.41) is 9.71. The molecule has 0 bridgehead atoms. The zero-order valence-electron chi connectivity index (χ0n) is 14.6. The maximum atomic E-state index is 13.9. The van der Waals surface area contributed by atoms with Crippen molar-refractivity contribution in [2.45, 2.75) is 0 Å². The second-order valence-corrected chi connectivity index (χ2v) is 6.10. The number of aromatic hydroxyl groups is 1. The van der Waals surface area contributed by atoms with E-state index >= 15 is 0 Å². The van der Waals surface area contributed by atoms with Gasteiger partial charge in [0.25, 0.3) is 11.8 Å². The third kappa shape index (κ3) is 3.84. The minimum absolute atomic E-state index is 0.171. The van der Waals surface area contributed by atoms with Crippen molar-refractivity contribution in [1.29, 1.82) is 0 Å². The Bertz CT molecular complexity index is 857. The highest BCUT2D eigenvalue weighted by molar-refractivity contribution is 5.98. The number of rotatable bonds is 3. The van der Waals surface area contributed by atoms with Gasteiger partial charge in [-0.05, 0) is 18.2 Å². The Morgan fingerprint density at radius 3 is 2.22 bits per heavy atom. The molecule has 8 heteroatoms. The molecule has 27 heavy (non-hydrogen) atoms. The number of amides is 2. The zero-order valence-corrected chi connectivity index (χ0v) is 14.6. The van der Waals surface area contributed by atoms with Gasteiger partial charge in [0.05, 0.1) is 7.11 Å². The van der Waals surface area contributed by atoms with Crippen LogP contribution in [0.1, 0.15) is 20.7 Å². The van der Waals surface area contributed by atoms with Gasteiger partial charge in [0, 0.05) is 43.9 Å². The van der Waals surface area contributed by atoms with E-state index in [1.54, 1.807) is 29.2 Å². The Labute approximate surface area is 154 Å². The molecule has 2 aromatic carbocycles. The van der Waals surface area contributed by atoms with E-state index in [2.05, 4.69) is 0 Å². The van der Waals surface area contributed by atoms with E-state index in [4.69, 9.17) is 4.74 Å². The Morgan fingerprint density at radius 2 is 1.63 bits per heavy atom. The maximum Gasteiger partial charge on any atom is 0.260 e. The molecule has 6 nitrogen and oxygen atoms in total. The summed E-state index contributed by atoms with van der Waals surface area (Å²) < 4.78 is 32.1. The number of phenolic OH excluding ortho intramolecular Hbond substituents is 1. The largest absolute Gasteiger partial charge is 0.507 e. The third-order valence-corrected chi connectivity index (χ3v) is 4.42. The van der Waals surface area contributed by atoms with Crippen molar-refractivity contribution >= 4 is 11.8 Å². The van der Waals surface area contributed by atoms with Crippen LogP contribution in [0.4, 0.5) is 8.78 Å². The maximum absolute atomic E-state index is 13.9. The van der Waals surface area contributed by atoms with Crippen molar-refractivity contribution in [3.8, 4) is 11.5 Å². The molecule has 0 aliphatic carbocycles. The lowest BCUT2D eigenvalue weighted by Crippen LogP contribution is -2.50. The number of ether oxygens (including phenoxy) is 1. The van der Waals surface area contributed by atoms with Gasteiger partial charge in [-0.2, -0.15) is 0 Å². The van der Waals surface area contributed by atoms with Crippen LogP contribution in [0.15, 0.2) is 36.4 Å². The number of nitrogens with zero attached hydrogens (tertiary/aromatic N) is 2. The highest BCUT2D eigenvalue weighted by atomic mass is 19.1. The smallest absolute Gasteiger partial charge is 0.260 e. The first kappa shape index (κ1) is 18.6.